The summed E-state index contributed by atoms with van der Waals surface area (Å²) >= 11 is 0. The average molecular weight is 215 g/mol. The fourth-order valence-electron chi connectivity index (χ4n) is 1.81. The first-order valence-corrected chi connectivity index (χ1v) is 6.67. The van der Waals surface area contributed by atoms with Crippen LogP contribution in [0, 0.1) is 0 Å². The number of hydrogen-bond donors (Lipinski definition) is 2. The summed E-state index contributed by atoms with van der Waals surface area (Å²) in [4.78, 5) is 0. The Hall–Kier alpha value is -0.0800. The molecule has 0 heterocycles. The summed E-state index contributed by atoms with van der Waals surface area (Å²) in [5.74, 6) is 0. The molecular formula is C13H29NO. The lowest BCUT2D eigenvalue weighted by molar-refractivity contribution is 0.257. The summed E-state index contributed by atoms with van der Waals surface area (Å²) in [6.45, 7) is 2.39. The standard InChI is InChI=1S/C13H29NO/c1-2-3-4-5-6-7-8-9-10-11-13(14)12-15/h13,15H,2-12,14H2,1H3/t13-/m0/s1. The van der Waals surface area contributed by atoms with Crippen molar-refractivity contribution in [3.63, 3.8) is 0 Å². The van der Waals surface area contributed by atoms with Gasteiger partial charge >= 0.3 is 0 Å². The van der Waals surface area contributed by atoms with Crippen molar-refractivity contribution in [2.75, 3.05) is 6.61 Å². The van der Waals surface area contributed by atoms with E-state index in [-0.39, 0.29) is 12.6 Å². The van der Waals surface area contributed by atoms with Gasteiger partial charge in [0.1, 0.15) is 0 Å². The lowest BCUT2D eigenvalue weighted by Gasteiger charge is -2.06. The molecule has 0 bridgehead atoms. The van der Waals surface area contributed by atoms with Crippen LogP contribution in [-0.2, 0) is 0 Å². The van der Waals surface area contributed by atoms with Gasteiger partial charge in [0.2, 0.25) is 0 Å². The largest absolute Gasteiger partial charge is 0.395 e. The van der Waals surface area contributed by atoms with Gasteiger partial charge in [0.25, 0.3) is 0 Å². The maximum absolute atomic E-state index is 8.73. The third-order valence-electron chi connectivity index (χ3n) is 2.91. The van der Waals surface area contributed by atoms with Crippen LogP contribution in [0.15, 0.2) is 0 Å². The normalized spacial score (nSPS) is 13.0. The van der Waals surface area contributed by atoms with E-state index in [1.807, 2.05) is 0 Å². The molecule has 0 unspecified atom stereocenters. The molecule has 0 amide bonds. The zero-order chi connectivity index (χ0) is 11.4. The molecule has 0 aromatic heterocycles. The maximum Gasteiger partial charge on any atom is 0.0582 e. The minimum absolute atomic E-state index is 0.00885. The second kappa shape index (κ2) is 12.0. The lowest BCUT2D eigenvalue weighted by Crippen LogP contribution is -2.23. The minimum atomic E-state index is 0.00885. The van der Waals surface area contributed by atoms with Gasteiger partial charge in [-0.05, 0) is 6.42 Å². The topological polar surface area (TPSA) is 46.2 Å². The Bertz CT molecular complexity index is 117. The van der Waals surface area contributed by atoms with Gasteiger partial charge in [0, 0.05) is 6.04 Å². The summed E-state index contributed by atoms with van der Waals surface area (Å²) < 4.78 is 0. The SMILES string of the molecule is CCCCCCCCCCC[C@H](N)CO. The van der Waals surface area contributed by atoms with Crippen molar-refractivity contribution >= 4 is 0 Å². The predicted octanol–water partition coefficient (Wildman–Crippen LogP) is 3.23. The first kappa shape index (κ1) is 14.9. The molecular weight excluding hydrogens is 186 g/mol. The summed E-state index contributed by atoms with van der Waals surface area (Å²) in [7, 11) is 0. The third-order valence-corrected chi connectivity index (χ3v) is 2.91. The molecule has 0 spiro atoms. The number of unbranched alkanes of at least 4 members (excludes halogenated alkanes) is 8. The molecule has 0 rings (SSSR count). The highest BCUT2D eigenvalue weighted by molar-refractivity contribution is 4.58. The van der Waals surface area contributed by atoms with Gasteiger partial charge in [-0.1, -0.05) is 64.7 Å². The molecule has 2 nitrogen and oxygen atoms in total. The molecule has 0 saturated heterocycles. The Morgan fingerprint density at radius 3 is 1.80 bits per heavy atom. The molecule has 3 N–H and O–H groups in total. The molecule has 2 heteroatoms. The van der Waals surface area contributed by atoms with Crippen molar-refractivity contribution in [3.8, 4) is 0 Å². The number of hydrogen-bond acceptors (Lipinski definition) is 2. The van der Waals surface area contributed by atoms with E-state index in [4.69, 9.17) is 10.8 Å². The van der Waals surface area contributed by atoms with E-state index >= 15 is 0 Å². The Kier molecular flexibility index (Phi) is 11.9. The quantitative estimate of drug-likeness (QED) is 0.520. The maximum atomic E-state index is 8.73. The van der Waals surface area contributed by atoms with E-state index in [2.05, 4.69) is 6.92 Å². The van der Waals surface area contributed by atoms with Gasteiger partial charge < -0.3 is 10.8 Å². The molecule has 0 saturated carbocycles. The van der Waals surface area contributed by atoms with Gasteiger partial charge in [-0.15, -0.1) is 0 Å². The molecule has 0 aliphatic heterocycles. The van der Waals surface area contributed by atoms with Crippen LogP contribution in [0.4, 0.5) is 0 Å². The van der Waals surface area contributed by atoms with Crippen molar-refractivity contribution < 1.29 is 5.11 Å². The summed E-state index contributed by atoms with van der Waals surface area (Å²) in [5, 5.41) is 8.73. The minimum Gasteiger partial charge on any atom is -0.395 e. The number of rotatable bonds is 11. The molecule has 0 aliphatic carbocycles. The van der Waals surface area contributed by atoms with E-state index < -0.39 is 0 Å². The Morgan fingerprint density at radius 2 is 1.33 bits per heavy atom. The monoisotopic (exact) mass is 215 g/mol. The van der Waals surface area contributed by atoms with Crippen molar-refractivity contribution in [2.45, 2.75) is 77.2 Å². The molecule has 0 radical (unpaired) electrons. The molecule has 0 aliphatic rings. The number of aliphatic hydroxyl groups excluding tert-OH is 1. The van der Waals surface area contributed by atoms with E-state index in [0.29, 0.717) is 0 Å². The fourth-order valence-corrected chi connectivity index (χ4v) is 1.81. The Balaban J connectivity index is 2.92. The van der Waals surface area contributed by atoms with E-state index in [1.54, 1.807) is 0 Å². The van der Waals surface area contributed by atoms with Crippen LogP contribution >= 0.6 is 0 Å². The average Bonchev–Trinajstić information content (AvgIpc) is 2.26. The Morgan fingerprint density at radius 1 is 0.867 bits per heavy atom. The van der Waals surface area contributed by atoms with Crippen LogP contribution in [0.2, 0.25) is 0 Å². The van der Waals surface area contributed by atoms with Crippen molar-refractivity contribution in [3.05, 3.63) is 0 Å². The first-order chi connectivity index (χ1) is 7.31. The van der Waals surface area contributed by atoms with Crippen molar-refractivity contribution in [2.24, 2.45) is 5.73 Å². The highest BCUT2D eigenvalue weighted by atomic mass is 16.3. The van der Waals surface area contributed by atoms with Crippen LogP contribution in [0.25, 0.3) is 0 Å². The molecule has 0 aromatic carbocycles. The molecule has 15 heavy (non-hydrogen) atoms. The first-order valence-electron chi connectivity index (χ1n) is 6.67. The van der Waals surface area contributed by atoms with E-state index in [0.717, 1.165) is 6.42 Å². The van der Waals surface area contributed by atoms with Gasteiger partial charge in [-0.3, -0.25) is 0 Å². The zero-order valence-corrected chi connectivity index (χ0v) is 10.4. The summed E-state index contributed by atoms with van der Waals surface area (Å²) in [6, 6.07) is 0.00885. The van der Waals surface area contributed by atoms with Gasteiger partial charge in [0.15, 0.2) is 0 Å². The molecule has 0 aromatic rings. The van der Waals surface area contributed by atoms with Crippen molar-refractivity contribution in [1.29, 1.82) is 0 Å². The van der Waals surface area contributed by atoms with Crippen LogP contribution in [0.3, 0.4) is 0 Å². The zero-order valence-electron chi connectivity index (χ0n) is 10.4. The second-order valence-corrected chi connectivity index (χ2v) is 4.56. The molecule has 92 valence electrons. The smallest absolute Gasteiger partial charge is 0.0582 e. The van der Waals surface area contributed by atoms with E-state index in [9.17, 15) is 0 Å². The summed E-state index contributed by atoms with van der Waals surface area (Å²) in [6.07, 6.45) is 13.1. The lowest BCUT2D eigenvalue weighted by atomic mass is 10.0. The number of nitrogens with two attached hydrogens (primary N) is 1. The van der Waals surface area contributed by atoms with Gasteiger partial charge in [0.05, 0.1) is 6.61 Å². The molecule has 0 fully saturated rings. The highest BCUT2D eigenvalue weighted by Gasteiger charge is 1.99. The predicted molar refractivity (Wildman–Crippen MR) is 66.9 cm³/mol. The highest BCUT2D eigenvalue weighted by Crippen LogP contribution is 2.10. The van der Waals surface area contributed by atoms with Crippen LogP contribution in [-0.4, -0.2) is 17.8 Å². The number of aliphatic hydroxyl groups is 1. The van der Waals surface area contributed by atoms with E-state index in [1.165, 1.54) is 57.8 Å². The second-order valence-electron chi connectivity index (χ2n) is 4.56. The van der Waals surface area contributed by atoms with Crippen molar-refractivity contribution in [1.82, 2.24) is 0 Å². The molecule has 1 atom stereocenters. The summed E-state index contributed by atoms with van der Waals surface area (Å²) in [5.41, 5.74) is 5.62. The van der Waals surface area contributed by atoms with Crippen LogP contribution in [0.1, 0.15) is 71.1 Å². The third kappa shape index (κ3) is 11.8. The van der Waals surface area contributed by atoms with Crippen LogP contribution in [0.5, 0.6) is 0 Å². The van der Waals surface area contributed by atoms with Gasteiger partial charge in [-0.2, -0.15) is 0 Å². The van der Waals surface area contributed by atoms with Gasteiger partial charge in [-0.25, -0.2) is 0 Å². The Labute approximate surface area is 95.3 Å². The van der Waals surface area contributed by atoms with Crippen LogP contribution < -0.4 is 5.73 Å². The fraction of sp³-hybridized carbons (Fsp3) is 1.00.